The fourth-order valence-corrected chi connectivity index (χ4v) is 1.64. The van der Waals surface area contributed by atoms with Crippen LogP contribution in [0.2, 0.25) is 0 Å². The number of amides is 2. The minimum atomic E-state index is -1.05. The van der Waals surface area contributed by atoms with Gasteiger partial charge in [0.1, 0.15) is 5.75 Å². The average Bonchev–Trinajstić information content (AvgIpc) is 2.73. The summed E-state index contributed by atoms with van der Waals surface area (Å²) in [5.41, 5.74) is 0.587. The second kappa shape index (κ2) is 4.73. The number of rotatable bonds is 4. The molecule has 1 aliphatic rings. The molecule has 2 amide bonds. The number of carboxylic acids is 1. The highest BCUT2D eigenvalue weighted by atomic mass is 16.5. The summed E-state index contributed by atoms with van der Waals surface area (Å²) in [5.74, 6) is -0.655. The van der Waals surface area contributed by atoms with Gasteiger partial charge in [0.05, 0.1) is 5.69 Å². The molecule has 1 fully saturated rings. The number of nitrogens with one attached hydrogen (secondary N) is 1. The van der Waals surface area contributed by atoms with Crippen LogP contribution in [0.5, 0.6) is 5.75 Å². The Morgan fingerprint density at radius 1 is 1.47 bits per heavy atom. The van der Waals surface area contributed by atoms with Gasteiger partial charge in [0.25, 0.3) is 0 Å². The summed E-state index contributed by atoms with van der Waals surface area (Å²) in [7, 11) is 0. The lowest BCUT2D eigenvalue weighted by Gasteiger charge is -2.17. The second-order valence-corrected chi connectivity index (χ2v) is 3.53. The largest absolute Gasteiger partial charge is 0.480 e. The lowest BCUT2D eigenvalue weighted by molar-refractivity contribution is -0.139. The van der Waals surface area contributed by atoms with Crippen molar-refractivity contribution in [2.75, 3.05) is 24.6 Å². The first-order valence-electron chi connectivity index (χ1n) is 5.17. The van der Waals surface area contributed by atoms with Crippen LogP contribution in [0, 0.1) is 0 Å². The van der Waals surface area contributed by atoms with Crippen LogP contribution in [0.15, 0.2) is 24.3 Å². The maximum absolute atomic E-state index is 11.5. The third-order valence-electron chi connectivity index (χ3n) is 2.36. The maximum Gasteiger partial charge on any atom is 0.341 e. The first-order valence-corrected chi connectivity index (χ1v) is 5.17. The molecule has 6 nitrogen and oxygen atoms in total. The van der Waals surface area contributed by atoms with E-state index in [1.807, 2.05) is 0 Å². The van der Waals surface area contributed by atoms with Crippen molar-refractivity contribution < 1.29 is 19.4 Å². The maximum atomic E-state index is 11.5. The number of hydrogen-bond acceptors (Lipinski definition) is 3. The topological polar surface area (TPSA) is 78.9 Å². The number of urea groups is 1. The molecule has 1 aliphatic heterocycles. The number of para-hydroxylation sites is 2. The zero-order chi connectivity index (χ0) is 12.3. The van der Waals surface area contributed by atoms with E-state index in [0.717, 1.165) is 0 Å². The number of carboxylic acid groups (broad SMARTS) is 1. The zero-order valence-corrected chi connectivity index (χ0v) is 9.05. The predicted octanol–water partition coefficient (Wildman–Crippen LogP) is 0.680. The van der Waals surface area contributed by atoms with E-state index in [4.69, 9.17) is 9.84 Å². The molecule has 2 N–H and O–H groups in total. The highest BCUT2D eigenvalue weighted by Gasteiger charge is 2.23. The molecule has 1 aromatic rings. The minimum Gasteiger partial charge on any atom is -0.480 e. The van der Waals surface area contributed by atoms with E-state index < -0.39 is 12.6 Å². The Balaban J connectivity index is 2.20. The first kappa shape index (κ1) is 11.3. The molecule has 1 heterocycles. The third kappa shape index (κ3) is 2.47. The quantitative estimate of drug-likeness (QED) is 0.805. The molecule has 0 saturated carbocycles. The Hall–Kier alpha value is -2.24. The van der Waals surface area contributed by atoms with Crippen LogP contribution in [-0.2, 0) is 4.79 Å². The minimum absolute atomic E-state index is 0.198. The zero-order valence-electron chi connectivity index (χ0n) is 9.05. The number of aliphatic carboxylic acids is 1. The number of benzene rings is 1. The number of carbonyl (C=O) groups is 2. The van der Waals surface area contributed by atoms with Gasteiger partial charge in [-0.05, 0) is 12.1 Å². The summed E-state index contributed by atoms with van der Waals surface area (Å²) in [6, 6.07) is 6.67. The molecule has 0 radical (unpaired) electrons. The molecule has 0 spiro atoms. The first-order chi connectivity index (χ1) is 8.18. The van der Waals surface area contributed by atoms with Crippen molar-refractivity contribution in [3.05, 3.63) is 24.3 Å². The van der Waals surface area contributed by atoms with Gasteiger partial charge in [0, 0.05) is 13.1 Å². The van der Waals surface area contributed by atoms with Crippen molar-refractivity contribution in [3.8, 4) is 5.75 Å². The Labute approximate surface area is 97.8 Å². The Bertz CT molecular complexity index is 447. The molecule has 90 valence electrons. The molecule has 1 aromatic carbocycles. The van der Waals surface area contributed by atoms with Gasteiger partial charge in [0.15, 0.2) is 6.61 Å². The average molecular weight is 236 g/mol. The number of nitrogens with zero attached hydrogens (tertiary/aromatic N) is 1. The molecule has 6 heteroatoms. The van der Waals surface area contributed by atoms with Gasteiger partial charge in [-0.25, -0.2) is 9.59 Å². The summed E-state index contributed by atoms with van der Waals surface area (Å²) < 4.78 is 5.14. The lowest BCUT2D eigenvalue weighted by atomic mass is 10.2. The highest BCUT2D eigenvalue weighted by molar-refractivity contribution is 5.95. The van der Waals surface area contributed by atoms with E-state index in [9.17, 15) is 9.59 Å². The van der Waals surface area contributed by atoms with E-state index in [2.05, 4.69) is 5.32 Å². The molecule has 17 heavy (non-hydrogen) atoms. The van der Waals surface area contributed by atoms with Gasteiger partial charge >= 0.3 is 12.0 Å². The summed E-state index contributed by atoms with van der Waals surface area (Å²) in [6.07, 6.45) is 0. The van der Waals surface area contributed by atoms with Crippen LogP contribution in [0.4, 0.5) is 10.5 Å². The molecular formula is C11H12N2O4. The Kier molecular flexibility index (Phi) is 3.13. The third-order valence-corrected chi connectivity index (χ3v) is 2.36. The van der Waals surface area contributed by atoms with Crippen molar-refractivity contribution in [2.45, 2.75) is 0 Å². The van der Waals surface area contributed by atoms with E-state index in [-0.39, 0.29) is 6.03 Å². The normalized spacial score (nSPS) is 14.6. The molecule has 0 aliphatic carbocycles. The molecule has 2 rings (SSSR count). The van der Waals surface area contributed by atoms with Gasteiger partial charge in [-0.3, -0.25) is 4.90 Å². The number of ether oxygens (including phenoxy) is 1. The van der Waals surface area contributed by atoms with Crippen LogP contribution in [0.1, 0.15) is 0 Å². The van der Waals surface area contributed by atoms with E-state index in [1.165, 1.54) is 4.90 Å². The summed E-state index contributed by atoms with van der Waals surface area (Å²) >= 11 is 0. The van der Waals surface area contributed by atoms with Crippen LogP contribution >= 0.6 is 0 Å². The summed E-state index contributed by atoms with van der Waals surface area (Å²) in [5, 5.41) is 11.2. The second-order valence-electron chi connectivity index (χ2n) is 3.53. The predicted molar refractivity (Wildman–Crippen MR) is 60.3 cm³/mol. The van der Waals surface area contributed by atoms with E-state index >= 15 is 0 Å². The van der Waals surface area contributed by atoms with Crippen molar-refractivity contribution in [1.29, 1.82) is 0 Å². The van der Waals surface area contributed by atoms with Crippen LogP contribution in [-0.4, -0.2) is 36.8 Å². The van der Waals surface area contributed by atoms with Gasteiger partial charge in [0.2, 0.25) is 0 Å². The van der Waals surface area contributed by atoms with Crippen molar-refractivity contribution in [2.24, 2.45) is 0 Å². The van der Waals surface area contributed by atoms with Gasteiger partial charge < -0.3 is 15.2 Å². The fourth-order valence-electron chi connectivity index (χ4n) is 1.64. The molecule has 1 saturated heterocycles. The molecule has 0 unspecified atom stereocenters. The number of hydrogen-bond donors (Lipinski definition) is 2. The monoisotopic (exact) mass is 236 g/mol. The molecular weight excluding hydrogens is 224 g/mol. The standard InChI is InChI=1S/C11H12N2O4/c14-10(15)7-17-9-4-2-1-3-8(9)13-6-5-12-11(13)16/h1-4H,5-7H2,(H,12,16)(H,14,15). The Morgan fingerprint density at radius 2 is 2.24 bits per heavy atom. The Morgan fingerprint density at radius 3 is 2.88 bits per heavy atom. The fraction of sp³-hybridized carbons (Fsp3) is 0.273. The molecule has 0 atom stereocenters. The SMILES string of the molecule is O=C(O)COc1ccccc1N1CCNC1=O. The van der Waals surface area contributed by atoms with Crippen molar-refractivity contribution in [1.82, 2.24) is 5.32 Å². The van der Waals surface area contributed by atoms with Crippen LogP contribution < -0.4 is 15.0 Å². The molecule has 0 bridgehead atoms. The molecule has 0 aromatic heterocycles. The van der Waals surface area contributed by atoms with Crippen molar-refractivity contribution in [3.63, 3.8) is 0 Å². The number of carbonyl (C=O) groups excluding carboxylic acids is 1. The summed E-state index contributed by atoms with van der Waals surface area (Å²) in [4.78, 5) is 23.5. The van der Waals surface area contributed by atoms with Gasteiger partial charge in [-0.2, -0.15) is 0 Å². The van der Waals surface area contributed by atoms with Crippen LogP contribution in [0.3, 0.4) is 0 Å². The smallest absolute Gasteiger partial charge is 0.341 e. The van der Waals surface area contributed by atoms with E-state index in [0.29, 0.717) is 24.5 Å². The van der Waals surface area contributed by atoms with E-state index in [1.54, 1.807) is 24.3 Å². The van der Waals surface area contributed by atoms with Gasteiger partial charge in [-0.15, -0.1) is 0 Å². The van der Waals surface area contributed by atoms with Crippen molar-refractivity contribution >= 4 is 17.7 Å². The van der Waals surface area contributed by atoms with Gasteiger partial charge in [-0.1, -0.05) is 12.1 Å². The summed E-state index contributed by atoms with van der Waals surface area (Å²) in [6.45, 7) is 0.699. The number of anilines is 1. The van der Waals surface area contributed by atoms with Crippen LogP contribution in [0.25, 0.3) is 0 Å². The lowest BCUT2D eigenvalue weighted by Crippen LogP contribution is -2.28. The highest BCUT2D eigenvalue weighted by Crippen LogP contribution is 2.28.